The van der Waals surface area contributed by atoms with Gasteiger partial charge in [0, 0.05) is 16.9 Å². The Morgan fingerprint density at radius 3 is 3.00 bits per heavy atom. The van der Waals surface area contributed by atoms with Gasteiger partial charge >= 0.3 is 0 Å². The Morgan fingerprint density at radius 1 is 1.40 bits per heavy atom. The van der Waals surface area contributed by atoms with Gasteiger partial charge in [-0.05, 0) is 36.8 Å². The van der Waals surface area contributed by atoms with Crippen molar-refractivity contribution in [2.75, 3.05) is 5.32 Å². The molecule has 102 valence electrons. The van der Waals surface area contributed by atoms with E-state index in [1.807, 2.05) is 43.6 Å². The molecule has 1 aromatic carbocycles. The number of hydrazine groups is 1. The van der Waals surface area contributed by atoms with E-state index in [0.29, 0.717) is 11.5 Å². The zero-order valence-corrected chi connectivity index (χ0v) is 12.4. The summed E-state index contributed by atoms with van der Waals surface area (Å²) in [5.41, 5.74) is 5.67. The van der Waals surface area contributed by atoms with E-state index in [9.17, 15) is 4.79 Å². The summed E-state index contributed by atoms with van der Waals surface area (Å²) >= 11 is 3.39. The van der Waals surface area contributed by atoms with Crippen LogP contribution in [0.2, 0.25) is 0 Å². The molecular weight excluding hydrogens is 320 g/mol. The summed E-state index contributed by atoms with van der Waals surface area (Å²) in [7, 11) is 0. The molecule has 1 amide bonds. The number of carbonyl (C=O) groups excluding carboxylic acids is 1. The number of hydrogen-bond donors (Lipinski definition) is 2. The minimum Gasteiger partial charge on any atom is -0.324 e. The zero-order valence-electron chi connectivity index (χ0n) is 10.9. The lowest BCUT2D eigenvalue weighted by atomic mass is 10.3. The summed E-state index contributed by atoms with van der Waals surface area (Å²) < 4.78 is 0.907. The topological polar surface area (TPSA) is 56.7 Å². The third-order valence-corrected chi connectivity index (χ3v) is 3.49. The lowest BCUT2D eigenvalue weighted by Gasteiger charge is -2.23. The molecule has 0 aromatic heterocycles. The average Bonchev–Trinajstić information content (AvgIpc) is 2.57. The number of rotatable bonds is 0. The summed E-state index contributed by atoms with van der Waals surface area (Å²) in [6.45, 7) is 2.00. The molecule has 0 unspecified atom stereocenters. The predicted octanol–water partition coefficient (Wildman–Crippen LogP) is 3.06. The van der Waals surface area contributed by atoms with Crippen LogP contribution in [0.3, 0.4) is 0 Å². The van der Waals surface area contributed by atoms with Gasteiger partial charge in [0.25, 0.3) is 0 Å². The Kier molecular flexibility index (Phi) is 3.31. The van der Waals surface area contributed by atoms with Crippen molar-refractivity contribution < 1.29 is 4.79 Å². The minimum absolute atomic E-state index is 0.0814. The Bertz CT molecular complexity index is 663. The molecule has 0 spiro atoms. The minimum atomic E-state index is -0.0814. The van der Waals surface area contributed by atoms with Crippen molar-refractivity contribution in [3.05, 3.63) is 46.7 Å². The van der Waals surface area contributed by atoms with Crippen LogP contribution in [-0.2, 0) is 4.79 Å². The van der Waals surface area contributed by atoms with Gasteiger partial charge in [-0.2, -0.15) is 0 Å². The van der Waals surface area contributed by atoms with Crippen molar-refractivity contribution in [2.45, 2.75) is 13.3 Å². The smallest absolute Gasteiger partial charge is 0.232 e. The van der Waals surface area contributed by atoms with Crippen LogP contribution < -0.4 is 10.7 Å². The van der Waals surface area contributed by atoms with Gasteiger partial charge in [-0.25, -0.2) is 10.0 Å². The number of aliphatic imine (C=N–C) groups is 1. The molecule has 1 aromatic rings. The standard InChI is InChI=1S/C14H13BrN4O/c1-9-4-5-19(16-8-9)13-7-14(20)18-12-6-10(15)2-3-11(12)17-13/h2-6,8,16H,7H2,1H3,(H,18,20). The van der Waals surface area contributed by atoms with Crippen LogP contribution in [-0.4, -0.2) is 16.8 Å². The lowest BCUT2D eigenvalue weighted by Crippen LogP contribution is -2.38. The number of fused-ring (bicyclic) bond motifs is 1. The van der Waals surface area contributed by atoms with E-state index in [4.69, 9.17) is 0 Å². The summed E-state index contributed by atoms with van der Waals surface area (Å²) in [6, 6.07) is 5.63. The molecule has 2 heterocycles. The molecule has 3 rings (SSSR count). The fraction of sp³-hybridized carbons (Fsp3) is 0.143. The van der Waals surface area contributed by atoms with E-state index in [1.54, 1.807) is 5.01 Å². The van der Waals surface area contributed by atoms with Crippen molar-refractivity contribution in [3.63, 3.8) is 0 Å². The number of benzene rings is 1. The van der Waals surface area contributed by atoms with Crippen LogP contribution in [0.1, 0.15) is 13.3 Å². The maximum absolute atomic E-state index is 12.0. The van der Waals surface area contributed by atoms with Gasteiger partial charge in [0.1, 0.15) is 5.84 Å². The monoisotopic (exact) mass is 332 g/mol. The number of amidine groups is 1. The molecular formula is C14H13BrN4O. The van der Waals surface area contributed by atoms with Gasteiger partial charge < -0.3 is 10.7 Å². The average molecular weight is 333 g/mol. The molecule has 5 nitrogen and oxygen atoms in total. The number of carbonyl (C=O) groups is 1. The SMILES string of the molecule is CC1=CNN(C2=Nc3ccc(Br)cc3NC(=O)C2)C=C1. The Hall–Kier alpha value is -2.08. The van der Waals surface area contributed by atoms with Crippen molar-refractivity contribution in [2.24, 2.45) is 4.99 Å². The fourth-order valence-electron chi connectivity index (χ4n) is 1.98. The molecule has 20 heavy (non-hydrogen) atoms. The third-order valence-electron chi connectivity index (χ3n) is 3.00. The number of hydrogen-bond acceptors (Lipinski definition) is 4. The first-order valence-electron chi connectivity index (χ1n) is 6.19. The number of nitrogens with one attached hydrogen (secondary N) is 2. The van der Waals surface area contributed by atoms with E-state index in [0.717, 1.165) is 15.7 Å². The van der Waals surface area contributed by atoms with E-state index >= 15 is 0 Å². The second-order valence-corrected chi connectivity index (χ2v) is 5.53. The quantitative estimate of drug-likeness (QED) is 0.767. The van der Waals surface area contributed by atoms with E-state index in [2.05, 4.69) is 31.7 Å². The molecule has 0 fully saturated rings. The van der Waals surface area contributed by atoms with Gasteiger partial charge in [0.15, 0.2) is 0 Å². The van der Waals surface area contributed by atoms with Crippen molar-refractivity contribution in [1.29, 1.82) is 0 Å². The molecule has 2 aliphatic rings. The molecule has 0 atom stereocenters. The van der Waals surface area contributed by atoms with Crippen LogP contribution in [0.15, 0.2) is 51.7 Å². The van der Waals surface area contributed by atoms with E-state index < -0.39 is 0 Å². The van der Waals surface area contributed by atoms with Gasteiger partial charge in [-0.3, -0.25) is 4.79 Å². The molecule has 0 bridgehead atoms. The molecule has 2 N–H and O–H groups in total. The summed E-state index contributed by atoms with van der Waals surface area (Å²) in [6.07, 6.45) is 5.92. The number of amides is 1. The summed E-state index contributed by atoms with van der Waals surface area (Å²) in [4.78, 5) is 16.5. The highest BCUT2D eigenvalue weighted by atomic mass is 79.9. The Morgan fingerprint density at radius 2 is 2.25 bits per heavy atom. The van der Waals surface area contributed by atoms with Gasteiger partial charge in [0.05, 0.1) is 17.8 Å². The number of nitrogens with zero attached hydrogens (tertiary/aromatic N) is 2. The van der Waals surface area contributed by atoms with E-state index in [-0.39, 0.29) is 12.3 Å². The normalized spacial score (nSPS) is 17.5. The van der Waals surface area contributed by atoms with Gasteiger partial charge in [-0.1, -0.05) is 15.9 Å². The summed E-state index contributed by atoms with van der Waals surface area (Å²) in [5.74, 6) is 0.575. The lowest BCUT2D eigenvalue weighted by molar-refractivity contribution is -0.115. The molecule has 0 aliphatic carbocycles. The fourth-order valence-corrected chi connectivity index (χ4v) is 2.34. The number of anilines is 1. The highest BCUT2D eigenvalue weighted by molar-refractivity contribution is 9.10. The third kappa shape index (κ3) is 2.60. The second kappa shape index (κ2) is 5.13. The van der Waals surface area contributed by atoms with Crippen LogP contribution in [0.5, 0.6) is 0 Å². The predicted molar refractivity (Wildman–Crippen MR) is 82.4 cm³/mol. The highest BCUT2D eigenvalue weighted by Crippen LogP contribution is 2.31. The van der Waals surface area contributed by atoms with Crippen molar-refractivity contribution >= 4 is 39.0 Å². The molecule has 2 aliphatic heterocycles. The first-order chi connectivity index (χ1) is 9.61. The van der Waals surface area contributed by atoms with E-state index in [1.165, 1.54) is 0 Å². The Labute approximate surface area is 125 Å². The molecule has 0 saturated carbocycles. The van der Waals surface area contributed by atoms with Crippen LogP contribution >= 0.6 is 15.9 Å². The molecule has 0 radical (unpaired) electrons. The largest absolute Gasteiger partial charge is 0.324 e. The number of allylic oxidation sites excluding steroid dienone is 2. The van der Waals surface area contributed by atoms with Crippen molar-refractivity contribution in [1.82, 2.24) is 10.4 Å². The number of halogens is 1. The first kappa shape index (κ1) is 12.9. The maximum Gasteiger partial charge on any atom is 0.232 e. The Balaban J connectivity index is 1.97. The summed E-state index contributed by atoms with van der Waals surface area (Å²) in [5, 5.41) is 4.62. The van der Waals surface area contributed by atoms with Gasteiger partial charge in [0.2, 0.25) is 5.91 Å². The maximum atomic E-state index is 12.0. The van der Waals surface area contributed by atoms with Crippen LogP contribution in [0.4, 0.5) is 11.4 Å². The second-order valence-electron chi connectivity index (χ2n) is 4.62. The highest BCUT2D eigenvalue weighted by Gasteiger charge is 2.20. The van der Waals surface area contributed by atoms with Crippen LogP contribution in [0, 0.1) is 0 Å². The first-order valence-corrected chi connectivity index (χ1v) is 6.98. The van der Waals surface area contributed by atoms with Gasteiger partial charge in [-0.15, -0.1) is 0 Å². The zero-order chi connectivity index (χ0) is 14.1. The van der Waals surface area contributed by atoms with Crippen molar-refractivity contribution in [3.8, 4) is 0 Å². The molecule has 6 heteroatoms. The molecule has 0 saturated heterocycles. The van der Waals surface area contributed by atoms with Crippen LogP contribution in [0.25, 0.3) is 0 Å².